The van der Waals surface area contributed by atoms with Crippen LogP contribution in [0.2, 0.25) is 0 Å². The van der Waals surface area contributed by atoms with Gasteiger partial charge in [0.15, 0.2) is 10.6 Å². The molecule has 0 aliphatic carbocycles. The number of rotatable bonds is 6. The van der Waals surface area contributed by atoms with E-state index < -0.39 is 22.5 Å². The van der Waals surface area contributed by atoms with E-state index in [1.165, 1.54) is 34.9 Å². The van der Waals surface area contributed by atoms with Crippen LogP contribution in [-0.4, -0.2) is 28.6 Å². The number of aromatic nitrogens is 1. The molecule has 0 aliphatic heterocycles. The number of hydrogen-bond acceptors (Lipinski definition) is 5. The summed E-state index contributed by atoms with van der Waals surface area (Å²) in [5.74, 6) is -2.13. The molecule has 3 aromatic rings. The van der Waals surface area contributed by atoms with Gasteiger partial charge in [-0.1, -0.05) is 11.3 Å². The Morgan fingerprint density at radius 2 is 2.00 bits per heavy atom. The van der Waals surface area contributed by atoms with Gasteiger partial charge in [-0.25, -0.2) is 8.78 Å². The first-order chi connectivity index (χ1) is 13.4. The predicted molar refractivity (Wildman–Crippen MR) is 99.2 cm³/mol. The second-order valence-corrected chi connectivity index (χ2v) is 6.70. The lowest BCUT2D eigenvalue weighted by Crippen LogP contribution is -2.20. The Morgan fingerprint density at radius 1 is 1.29 bits per heavy atom. The van der Waals surface area contributed by atoms with Gasteiger partial charge in [-0.15, -0.1) is 0 Å². The third-order valence-corrected chi connectivity index (χ3v) is 4.91. The molecular formula is C18H15F2N3O4S. The van der Waals surface area contributed by atoms with Crippen molar-refractivity contribution in [3.05, 3.63) is 68.5 Å². The van der Waals surface area contributed by atoms with Crippen LogP contribution in [0.15, 0.2) is 41.4 Å². The van der Waals surface area contributed by atoms with Crippen LogP contribution in [0.1, 0.15) is 17.3 Å². The molecule has 0 fully saturated rings. The van der Waals surface area contributed by atoms with Crippen LogP contribution in [0.25, 0.3) is 10.2 Å². The highest BCUT2D eigenvalue weighted by molar-refractivity contribution is 7.16. The number of nitro groups is 1. The Labute approximate surface area is 161 Å². The topological polar surface area (TPSA) is 86.7 Å². The Bertz CT molecular complexity index is 1110. The third-order valence-electron chi connectivity index (χ3n) is 3.88. The van der Waals surface area contributed by atoms with E-state index in [0.717, 1.165) is 17.4 Å². The Balaban J connectivity index is 2.06. The third kappa shape index (κ3) is 4.12. The zero-order valence-corrected chi connectivity index (χ0v) is 15.5. The minimum Gasteiger partial charge on any atom is -0.380 e. The van der Waals surface area contributed by atoms with Gasteiger partial charge in [-0.3, -0.25) is 14.9 Å². The fourth-order valence-electron chi connectivity index (χ4n) is 2.60. The van der Waals surface area contributed by atoms with Crippen LogP contribution in [0.5, 0.6) is 0 Å². The summed E-state index contributed by atoms with van der Waals surface area (Å²) in [6.45, 7) is 2.77. The lowest BCUT2D eigenvalue weighted by molar-refractivity contribution is -0.384. The molecule has 146 valence electrons. The number of benzene rings is 2. The molecule has 0 unspecified atom stereocenters. The fraction of sp³-hybridized carbons (Fsp3) is 0.222. The molecule has 0 radical (unpaired) electrons. The van der Waals surface area contributed by atoms with Crippen molar-refractivity contribution in [1.82, 2.24) is 4.57 Å². The number of fused-ring (bicyclic) bond motifs is 1. The number of amides is 1. The molecule has 1 heterocycles. The minimum atomic E-state index is -0.757. The summed E-state index contributed by atoms with van der Waals surface area (Å²) >= 11 is 0.973. The Morgan fingerprint density at radius 3 is 2.64 bits per heavy atom. The average molecular weight is 407 g/mol. The summed E-state index contributed by atoms with van der Waals surface area (Å²) in [6.07, 6.45) is 0. The second kappa shape index (κ2) is 8.36. The Kier molecular flexibility index (Phi) is 5.90. The number of halogens is 2. The average Bonchev–Trinajstić information content (AvgIpc) is 2.99. The highest BCUT2D eigenvalue weighted by Gasteiger charge is 2.15. The van der Waals surface area contributed by atoms with Crippen LogP contribution in [0.4, 0.5) is 14.5 Å². The van der Waals surface area contributed by atoms with Crippen molar-refractivity contribution in [2.45, 2.75) is 13.5 Å². The molecule has 1 aromatic heterocycles. The SMILES string of the molecule is CCOCCn1c(=NC(=O)c2ccc([N+](=O)[O-])cc2)sc2cc(F)cc(F)c21. The van der Waals surface area contributed by atoms with Crippen molar-refractivity contribution in [3.63, 3.8) is 0 Å². The zero-order chi connectivity index (χ0) is 20.3. The molecule has 1 amide bonds. The number of carbonyl (C=O) groups excluding carboxylic acids is 1. The first-order valence-corrected chi connectivity index (χ1v) is 9.12. The maximum absolute atomic E-state index is 14.3. The van der Waals surface area contributed by atoms with Gasteiger partial charge in [-0.05, 0) is 25.1 Å². The zero-order valence-electron chi connectivity index (χ0n) is 14.7. The molecule has 0 bridgehead atoms. The summed E-state index contributed by atoms with van der Waals surface area (Å²) < 4.78 is 35.0. The van der Waals surface area contributed by atoms with Crippen LogP contribution in [0, 0.1) is 21.7 Å². The van der Waals surface area contributed by atoms with E-state index in [1.54, 1.807) is 0 Å². The van der Waals surface area contributed by atoms with Gasteiger partial charge < -0.3 is 9.30 Å². The van der Waals surface area contributed by atoms with Gasteiger partial charge in [0.1, 0.15) is 5.82 Å². The number of ether oxygens (including phenoxy) is 1. The first kappa shape index (κ1) is 19.8. The second-order valence-electron chi connectivity index (χ2n) is 5.69. The van der Waals surface area contributed by atoms with Crippen LogP contribution >= 0.6 is 11.3 Å². The molecule has 0 atom stereocenters. The minimum absolute atomic E-state index is 0.140. The summed E-state index contributed by atoms with van der Waals surface area (Å²) in [6, 6.07) is 6.94. The van der Waals surface area contributed by atoms with Crippen molar-refractivity contribution in [3.8, 4) is 0 Å². The van der Waals surface area contributed by atoms with Gasteiger partial charge in [0, 0.05) is 36.9 Å². The van der Waals surface area contributed by atoms with E-state index in [2.05, 4.69) is 4.99 Å². The number of nitrogens with zero attached hydrogens (tertiary/aromatic N) is 3. The van der Waals surface area contributed by atoms with Crippen molar-refractivity contribution >= 4 is 33.1 Å². The molecule has 2 aromatic carbocycles. The Hall–Kier alpha value is -2.98. The normalized spacial score (nSPS) is 11.9. The molecule has 0 saturated heterocycles. The largest absolute Gasteiger partial charge is 0.380 e. The van der Waals surface area contributed by atoms with Gasteiger partial charge >= 0.3 is 0 Å². The monoisotopic (exact) mass is 407 g/mol. The molecule has 0 N–H and O–H groups in total. The van der Waals surface area contributed by atoms with Crippen molar-refractivity contribution < 1.29 is 23.2 Å². The van der Waals surface area contributed by atoms with E-state index in [0.29, 0.717) is 11.3 Å². The smallest absolute Gasteiger partial charge is 0.279 e. The molecule has 0 spiro atoms. The first-order valence-electron chi connectivity index (χ1n) is 8.30. The van der Waals surface area contributed by atoms with Crippen molar-refractivity contribution in [2.24, 2.45) is 4.99 Å². The van der Waals surface area contributed by atoms with Gasteiger partial charge in [-0.2, -0.15) is 4.99 Å². The molecule has 0 aliphatic rings. The standard InChI is InChI=1S/C18H15F2N3O4S/c1-2-27-8-7-22-16-14(20)9-12(19)10-15(16)28-18(22)21-17(24)11-3-5-13(6-4-11)23(25)26/h3-6,9-10H,2,7-8H2,1H3. The van der Waals surface area contributed by atoms with Crippen LogP contribution in [-0.2, 0) is 11.3 Å². The summed E-state index contributed by atoms with van der Waals surface area (Å²) in [4.78, 5) is 26.8. The summed E-state index contributed by atoms with van der Waals surface area (Å²) in [7, 11) is 0. The fourth-order valence-corrected chi connectivity index (χ4v) is 3.69. The molecule has 10 heteroatoms. The number of nitro benzene ring substituents is 1. The van der Waals surface area contributed by atoms with Crippen LogP contribution in [0.3, 0.4) is 0 Å². The highest BCUT2D eigenvalue weighted by atomic mass is 32.1. The summed E-state index contributed by atoms with van der Waals surface area (Å²) in [5.41, 5.74) is 0.134. The van der Waals surface area contributed by atoms with E-state index in [4.69, 9.17) is 4.74 Å². The van der Waals surface area contributed by atoms with E-state index >= 15 is 0 Å². The predicted octanol–water partition coefficient (Wildman–Crippen LogP) is 3.67. The summed E-state index contributed by atoms with van der Waals surface area (Å²) in [5, 5.41) is 10.7. The molecule has 7 nitrogen and oxygen atoms in total. The molecular weight excluding hydrogens is 392 g/mol. The van der Waals surface area contributed by atoms with E-state index in [1.807, 2.05) is 6.92 Å². The quantitative estimate of drug-likeness (QED) is 0.354. The maximum Gasteiger partial charge on any atom is 0.279 e. The highest BCUT2D eigenvalue weighted by Crippen LogP contribution is 2.22. The number of non-ortho nitro benzene ring substituents is 1. The van der Waals surface area contributed by atoms with Gasteiger partial charge in [0.05, 0.1) is 21.7 Å². The maximum atomic E-state index is 14.3. The van der Waals surface area contributed by atoms with Gasteiger partial charge in [0.25, 0.3) is 11.6 Å². The molecule has 0 saturated carbocycles. The van der Waals surface area contributed by atoms with Crippen molar-refractivity contribution in [2.75, 3.05) is 13.2 Å². The van der Waals surface area contributed by atoms with Crippen molar-refractivity contribution in [1.29, 1.82) is 0 Å². The van der Waals surface area contributed by atoms with E-state index in [-0.39, 0.29) is 34.7 Å². The molecule has 28 heavy (non-hydrogen) atoms. The lowest BCUT2D eigenvalue weighted by Gasteiger charge is -2.06. The van der Waals surface area contributed by atoms with Crippen LogP contribution < -0.4 is 4.80 Å². The number of carbonyl (C=O) groups is 1. The van der Waals surface area contributed by atoms with E-state index in [9.17, 15) is 23.7 Å². The number of hydrogen-bond donors (Lipinski definition) is 0. The number of thiazole rings is 1. The van der Waals surface area contributed by atoms with Gasteiger partial charge in [0.2, 0.25) is 0 Å². The lowest BCUT2D eigenvalue weighted by atomic mass is 10.2. The molecule has 3 rings (SSSR count).